The number of para-hydroxylation sites is 1. The van der Waals surface area contributed by atoms with Gasteiger partial charge < -0.3 is 29.4 Å². The van der Waals surface area contributed by atoms with Gasteiger partial charge in [0.1, 0.15) is 18.8 Å². The third kappa shape index (κ3) is 5.69. The van der Waals surface area contributed by atoms with E-state index in [4.69, 9.17) is 25.8 Å². The minimum Gasteiger partial charge on any atom is -0.495 e. The molecule has 1 fully saturated rings. The predicted octanol–water partition coefficient (Wildman–Crippen LogP) is 5.65. The van der Waals surface area contributed by atoms with Gasteiger partial charge in [-0.05, 0) is 61.2 Å². The average molecular weight is 633 g/mol. The van der Waals surface area contributed by atoms with E-state index in [1.165, 1.54) is 13.2 Å². The van der Waals surface area contributed by atoms with Crippen molar-refractivity contribution in [1.82, 2.24) is 9.47 Å². The van der Waals surface area contributed by atoms with Gasteiger partial charge in [-0.15, -0.1) is 0 Å². The molecule has 6 rings (SSSR count). The number of anilines is 2. The normalized spacial score (nSPS) is 14.9. The Balaban J connectivity index is 1.19. The molecule has 0 radical (unpaired) electrons. The summed E-state index contributed by atoms with van der Waals surface area (Å²) >= 11 is 6.88. The highest BCUT2D eigenvalue weighted by atomic mass is 35.5. The Morgan fingerprint density at radius 1 is 0.977 bits per heavy atom. The van der Waals surface area contributed by atoms with Crippen LogP contribution in [0.4, 0.5) is 16.2 Å². The first-order chi connectivity index (χ1) is 21.2. The highest BCUT2D eigenvalue weighted by molar-refractivity contribution is 8.18. The van der Waals surface area contributed by atoms with E-state index >= 15 is 0 Å². The molecule has 0 unspecified atom stereocenters. The van der Waals surface area contributed by atoms with E-state index in [0.717, 1.165) is 33.3 Å². The number of hydrogen-bond donors (Lipinski definition) is 2. The Hall–Kier alpha value is -4.94. The Labute approximate surface area is 260 Å². The maximum atomic E-state index is 13.3. The second kappa shape index (κ2) is 12.0. The number of rotatable bonds is 8. The van der Waals surface area contributed by atoms with Gasteiger partial charge in [0, 0.05) is 39.6 Å². The molecule has 4 amide bonds. The fraction of sp³-hybridized carbons (Fsp3) is 0.161. The third-order valence-corrected chi connectivity index (χ3v) is 8.33. The molecule has 0 aliphatic carbocycles. The van der Waals surface area contributed by atoms with E-state index in [-0.39, 0.29) is 24.2 Å². The maximum Gasteiger partial charge on any atom is 0.294 e. The number of nitrogens with zero attached hydrogens (tertiary/aromatic N) is 2. The molecule has 11 nitrogen and oxygen atoms in total. The number of nitrogens with one attached hydrogen (secondary N) is 2. The van der Waals surface area contributed by atoms with Crippen LogP contribution in [0.3, 0.4) is 0 Å². The summed E-state index contributed by atoms with van der Waals surface area (Å²) in [6.07, 6.45) is 1.63. The number of benzene rings is 3. The summed E-state index contributed by atoms with van der Waals surface area (Å²) in [5.41, 5.74) is 3.18. The van der Waals surface area contributed by atoms with Gasteiger partial charge in [-0.2, -0.15) is 0 Å². The van der Waals surface area contributed by atoms with Crippen LogP contribution in [-0.4, -0.2) is 52.9 Å². The van der Waals surface area contributed by atoms with Crippen LogP contribution < -0.4 is 24.8 Å². The SMILES string of the molecule is COc1ccc(NC(=O)CN2C(=O)S/C(=C\c3c(C)n(CC(=O)Nc4ccc5c(c4)OCO5)c4ccccc34)C2=O)cc1Cl. The van der Waals surface area contributed by atoms with Crippen molar-refractivity contribution in [3.8, 4) is 17.2 Å². The first-order valence-corrected chi connectivity index (χ1v) is 14.6. The molecule has 2 N–H and O–H groups in total. The zero-order valence-electron chi connectivity index (χ0n) is 23.5. The van der Waals surface area contributed by atoms with E-state index in [0.29, 0.717) is 39.2 Å². The fourth-order valence-electron chi connectivity index (χ4n) is 5.02. The monoisotopic (exact) mass is 632 g/mol. The Kier molecular flexibility index (Phi) is 7.93. The van der Waals surface area contributed by atoms with Gasteiger partial charge in [-0.3, -0.25) is 24.1 Å². The van der Waals surface area contributed by atoms with Crippen molar-refractivity contribution in [2.24, 2.45) is 0 Å². The van der Waals surface area contributed by atoms with Crippen LogP contribution in [0.25, 0.3) is 17.0 Å². The molecule has 2 aliphatic heterocycles. The van der Waals surface area contributed by atoms with Gasteiger partial charge in [-0.25, -0.2) is 0 Å². The smallest absolute Gasteiger partial charge is 0.294 e. The molecule has 0 bridgehead atoms. The molecule has 13 heteroatoms. The van der Waals surface area contributed by atoms with Crippen LogP contribution >= 0.6 is 23.4 Å². The Bertz CT molecular complexity index is 1890. The second-order valence-electron chi connectivity index (χ2n) is 9.88. The number of amides is 4. The third-order valence-electron chi connectivity index (χ3n) is 7.12. The molecule has 224 valence electrons. The summed E-state index contributed by atoms with van der Waals surface area (Å²) in [6, 6.07) is 17.4. The molecule has 4 aromatic rings. The average Bonchev–Trinajstić information content (AvgIpc) is 3.65. The molecule has 0 spiro atoms. The number of thioether (sulfide) groups is 1. The van der Waals surface area contributed by atoms with Gasteiger partial charge in [-0.1, -0.05) is 29.8 Å². The van der Waals surface area contributed by atoms with Crippen molar-refractivity contribution < 1.29 is 33.4 Å². The summed E-state index contributed by atoms with van der Waals surface area (Å²) in [5, 5.41) is 6.08. The van der Waals surface area contributed by atoms with Gasteiger partial charge >= 0.3 is 0 Å². The lowest BCUT2D eigenvalue weighted by Crippen LogP contribution is -2.36. The second-order valence-corrected chi connectivity index (χ2v) is 11.3. The minimum atomic E-state index is -0.584. The Morgan fingerprint density at radius 2 is 1.68 bits per heavy atom. The first kappa shape index (κ1) is 29.1. The molecule has 2 aliphatic rings. The molecular formula is C31H25ClN4O7S. The number of ether oxygens (including phenoxy) is 3. The highest BCUT2D eigenvalue weighted by Gasteiger charge is 2.36. The van der Waals surface area contributed by atoms with Crippen LogP contribution in [-0.2, 0) is 20.9 Å². The lowest BCUT2D eigenvalue weighted by atomic mass is 10.1. The van der Waals surface area contributed by atoms with Crippen LogP contribution in [0, 0.1) is 6.92 Å². The lowest BCUT2D eigenvalue weighted by molar-refractivity contribution is -0.127. The fourth-order valence-corrected chi connectivity index (χ4v) is 6.10. The van der Waals surface area contributed by atoms with Crippen molar-refractivity contribution in [2.45, 2.75) is 13.5 Å². The largest absolute Gasteiger partial charge is 0.495 e. The molecular weight excluding hydrogens is 608 g/mol. The highest BCUT2D eigenvalue weighted by Crippen LogP contribution is 2.37. The number of carbonyl (C=O) groups is 4. The van der Waals surface area contributed by atoms with E-state index in [2.05, 4.69) is 10.6 Å². The van der Waals surface area contributed by atoms with Crippen LogP contribution in [0.5, 0.6) is 17.2 Å². The number of imide groups is 1. The molecule has 44 heavy (non-hydrogen) atoms. The van der Waals surface area contributed by atoms with Gasteiger partial charge in [0.05, 0.1) is 17.0 Å². The molecule has 0 saturated carbocycles. The summed E-state index contributed by atoms with van der Waals surface area (Å²) in [5.74, 6) is 0.221. The van der Waals surface area contributed by atoms with E-state index in [9.17, 15) is 19.2 Å². The summed E-state index contributed by atoms with van der Waals surface area (Å²) in [7, 11) is 1.48. The van der Waals surface area contributed by atoms with Crippen molar-refractivity contribution in [2.75, 3.05) is 31.1 Å². The van der Waals surface area contributed by atoms with Crippen molar-refractivity contribution in [3.05, 3.63) is 81.8 Å². The number of fused-ring (bicyclic) bond motifs is 2. The molecule has 1 aromatic heterocycles. The minimum absolute atomic E-state index is 0.00561. The predicted molar refractivity (Wildman–Crippen MR) is 167 cm³/mol. The summed E-state index contributed by atoms with van der Waals surface area (Å²) in [6.45, 7) is 1.52. The van der Waals surface area contributed by atoms with Crippen molar-refractivity contribution in [1.29, 1.82) is 0 Å². The topological polar surface area (TPSA) is 128 Å². The van der Waals surface area contributed by atoms with E-state index in [1.807, 2.05) is 35.8 Å². The molecule has 0 atom stereocenters. The number of aromatic nitrogens is 1. The summed E-state index contributed by atoms with van der Waals surface area (Å²) < 4.78 is 17.7. The van der Waals surface area contributed by atoms with E-state index in [1.54, 1.807) is 36.4 Å². The van der Waals surface area contributed by atoms with Gasteiger partial charge in [0.15, 0.2) is 11.5 Å². The van der Waals surface area contributed by atoms with Crippen LogP contribution in [0.15, 0.2) is 65.6 Å². The quantitative estimate of drug-likeness (QED) is 0.238. The zero-order valence-corrected chi connectivity index (χ0v) is 25.1. The molecule has 1 saturated heterocycles. The summed E-state index contributed by atoms with van der Waals surface area (Å²) in [4.78, 5) is 52.9. The lowest BCUT2D eigenvalue weighted by Gasteiger charge is -2.13. The number of carbonyl (C=O) groups excluding carboxylic acids is 4. The van der Waals surface area contributed by atoms with E-state index < -0.39 is 23.6 Å². The van der Waals surface area contributed by atoms with Gasteiger partial charge in [0.25, 0.3) is 11.1 Å². The van der Waals surface area contributed by atoms with Crippen molar-refractivity contribution in [3.63, 3.8) is 0 Å². The number of methoxy groups -OCH3 is 1. The Morgan fingerprint density at radius 3 is 2.45 bits per heavy atom. The van der Waals surface area contributed by atoms with Crippen LogP contribution in [0.2, 0.25) is 5.02 Å². The van der Waals surface area contributed by atoms with Crippen LogP contribution in [0.1, 0.15) is 11.3 Å². The molecule has 3 aromatic carbocycles. The number of halogens is 1. The molecule has 3 heterocycles. The first-order valence-electron chi connectivity index (χ1n) is 13.4. The van der Waals surface area contributed by atoms with Crippen molar-refractivity contribution >= 4 is 74.7 Å². The maximum absolute atomic E-state index is 13.3. The van der Waals surface area contributed by atoms with Gasteiger partial charge in [0.2, 0.25) is 18.6 Å². The zero-order chi connectivity index (χ0) is 31.0. The number of hydrogen-bond acceptors (Lipinski definition) is 8. The standard InChI is InChI=1S/C31H25ClN4O7S/c1-17-21(13-27-30(39)36(31(40)44-27)15-29(38)33-18-7-9-24(41-2)22(32)11-18)20-5-3-4-6-23(20)35(17)14-28(37)34-19-8-10-25-26(12-19)43-16-42-25/h3-13H,14-16H2,1-2H3,(H,33,38)(H,34,37)/b27-13-.